The van der Waals surface area contributed by atoms with Gasteiger partial charge in [0.15, 0.2) is 0 Å². The van der Waals surface area contributed by atoms with Crippen LogP contribution >= 0.6 is 0 Å². The fourth-order valence-electron chi connectivity index (χ4n) is 11.1. The molecule has 5 nitrogen and oxygen atoms in total. The highest BCUT2D eigenvalue weighted by molar-refractivity contribution is 6.12. The van der Waals surface area contributed by atoms with Crippen molar-refractivity contribution in [1.82, 2.24) is 14.4 Å². The molecule has 2 fully saturated rings. The minimum Gasteiger partial charge on any atom is -0.355 e. The second-order valence-corrected chi connectivity index (χ2v) is 17.6. The highest BCUT2D eigenvalue weighted by Gasteiger charge is 2.46. The zero-order chi connectivity index (χ0) is 37.4. The summed E-state index contributed by atoms with van der Waals surface area (Å²) in [6.45, 7) is 6.63. The molecule has 0 bridgehead atoms. The SMILES string of the molecule is CC1CCC(N2C=CN(c3cccc(C4(c5ccccc5)c5cc(N6C=CN(C7CCC(C)CC7)C6)ccc5-n5c6ccccc6c6cccc4c65)c3)C2)CC1. The molecule has 4 heterocycles. The average Bonchev–Trinajstić information content (AvgIpc) is 4.02. The first kappa shape index (κ1) is 33.9. The van der Waals surface area contributed by atoms with E-state index >= 15 is 0 Å². The van der Waals surface area contributed by atoms with Gasteiger partial charge >= 0.3 is 0 Å². The number of hydrogen-bond acceptors (Lipinski definition) is 4. The minimum atomic E-state index is -0.558. The first-order valence-electron chi connectivity index (χ1n) is 21.3. The van der Waals surface area contributed by atoms with Gasteiger partial charge in [0, 0.05) is 59.0 Å². The normalized spacial score (nSPS) is 25.8. The lowest BCUT2D eigenvalue weighted by atomic mass is 9.63. The summed E-state index contributed by atoms with van der Waals surface area (Å²) in [5.41, 5.74) is 11.0. The molecule has 2 aliphatic carbocycles. The average molecular weight is 736 g/mol. The van der Waals surface area contributed by atoms with Crippen LogP contribution in [0.4, 0.5) is 11.4 Å². The minimum absolute atomic E-state index is 0.558. The molecule has 0 radical (unpaired) electrons. The molecule has 2 saturated carbocycles. The smallest absolute Gasteiger partial charge is 0.0944 e. The van der Waals surface area contributed by atoms with Crippen molar-refractivity contribution in [3.8, 4) is 5.69 Å². The molecule has 5 aromatic carbocycles. The maximum absolute atomic E-state index is 2.60. The number of rotatable bonds is 6. The number of para-hydroxylation sites is 2. The van der Waals surface area contributed by atoms with Gasteiger partial charge in [-0.3, -0.25) is 0 Å². The predicted molar refractivity (Wildman–Crippen MR) is 232 cm³/mol. The van der Waals surface area contributed by atoms with E-state index in [1.807, 2.05) is 0 Å². The molecule has 0 N–H and O–H groups in total. The molecule has 11 rings (SSSR count). The summed E-state index contributed by atoms with van der Waals surface area (Å²) in [6.07, 6.45) is 19.8. The van der Waals surface area contributed by atoms with Crippen molar-refractivity contribution in [1.29, 1.82) is 0 Å². The molecule has 282 valence electrons. The Morgan fingerprint density at radius 3 is 1.77 bits per heavy atom. The summed E-state index contributed by atoms with van der Waals surface area (Å²) < 4.78 is 2.56. The summed E-state index contributed by atoms with van der Waals surface area (Å²) in [6, 6.07) is 45.4. The third kappa shape index (κ3) is 5.26. The van der Waals surface area contributed by atoms with E-state index in [-0.39, 0.29) is 0 Å². The summed E-state index contributed by atoms with van der Waals surface area (Å²) in [7, 11) is 0. The highest BCUT2D eigenvalue weighted by atomic mass is 15.4. The quantitative estimate of drug-likeness (QED) is 0.169. The molecular formula is C51H53N5. The fourth-order valence-corrected chi connectivity index (χ4v) is 11.1. The molecule has 1 unspecified atom stereocenters. The molecule has 0 amide bonds. The zero-order valence-electron chi connectivity index (χ0n) is 32.9. The largest absolute Gasteiger partial charge is 0.355 e. The number of anilines is 2. The summed E-state index contributed by atoms with van der Waals surface area (Å²) in [4.78, 5) is 10.1. The molecule has 1 aromatic heterocycles. The van der Waals surface area contributed by atoms with E-state index in [0.717, 1.165) is 25.2 Å². The van der Waals surface area contributed by atoms with Gasteiger partial charge in [-0.25, -0.2) is 0 Å². The van der Waals surface area contributed by atoms with Crippen LogP contribution < -0.4 is 9.80 Å². The van der Waals surface area contributed by atoms with Crippen LogP contribution in [0.1, 0.15) is 87.5 Å². The van der Waals surface area contributed by atoms with Gasteiger partial charge in [-0.05, 0) is 122 Å². The van der Waals surface area contributed by atoms with Gasteiger partial charge in [-0.15, -0.1) is 0 Å². The molecule has 5 aliphatic rings. The molecule has 0 spiro atoms. The Labute approximate surface area is 332 Å². The molecule has 3 aliphatic heterocycles. The van der Waals surface area contributed by atoms with Crippen LogP contribution in [-0.4, -0.2) is 39.8 Å². The first-order valence-corrected chi connectivity index (χ1v) is 21.3. The Morgan fingerprint density at radius 2 is 1.07 bits per heavy atom. The van der Waals surface area contributed by atoms with Gasteiger partial charge in [-0.1, -0.05) is 92.7 Å². The molecule has 1 atom stereocenters. The Bertz CT molecular complexity index is 2480. The second kappa shape index (κ2) is 13.4. The summed E-state index contributed by atoms with van der Waals surface area (Å²) in [5.74, 6) is 1.70. The van der Waals surface area contributed by atoms with E-state index < -0.39 is 5.41 Å². The lowest BCUT2D eigenvalue weighted by Gasteiger charge is -2.42. The summed E-state index contributed by atoms with van der Waals surface area (Å²) in [5, 5.41) is 2.61. The Balaban J connectivity index is 1.09. The van der Waals surface area contributed by atoms with E-state index in [0.29, 0.717) is 12.1 Å². The van der Waals surface area contributed by atoms with Crippen molar-refractivity contribution in [2.24, 2.45) is 11.8 Å². The number of aromatic nitrogens is 1. The standard InChI is InChI=1S/C51H53N5/c1-36-18-22-40(23-19-36)52-28-30-54(34-52)42-13-8-12-39(32-42)51(38-10-4-3-5-11-38)46-16-9-15-45-44-14-6-7-17-48(44)56(50(45)46)49-27-26-43(33-47(49)51)55-31-29-53(35-55)41-24-20-37(2)21-25-41/h3-17,26-33,36-37,40-41H,18-25,34-35H2,1-2H3. The molecule has 56 heavy (non-hydrogen) atoms. The highest BCUT2D eigenvalue weighted by Crippen LogP contribution is 2.55. The van der Waals surface area contributed by atoms with E-state index in [4.69, 9.17) is 0 Å². The monoisotopic (exact) mass is 735 g/mol. The van der Waals surface area contributed by atoms with E-state index in [1.165, 1.54) is 112 Å². The Kier molecular flexibility index (Phi) is 8.08. The lowest BCUT2D eigenvalue weighted by molar-refractivity contribution is 0.203. The topological polar surface area (TPSA) is 17.9 Å². The lowest BCUT2D eigenvalue weighted by Crippen LogP contribution is -2.37. The van der Waals surface area contributed by atoms with Gasteiger partial charge in [-0.2, -0.15) is 0 Å². The third-order valence-electron chi connectivity index (χ3n) is 14.3. The van der Waals surface area contributed by atoms with Gasteiger partial charge in [0.1, 0.15) is 0 Å². The van der Waals surface area contributed by atoms with Crippen molar-refractivity contribution >= 4 is 33.2 Å². The van der Waals surface area contributed by atoms with Crippen LogP contribution in [0, 0.1) is 11.8 Å². The summed E-state index contributed by atoms with van der Waals surface area (Å²) >= 11 is 0. The predicted octanol–water partition coefficient (Wildman–Crippen LogP) is 11.7. The second-order valence-electron chi connectivity index (χ2n) is 17.6. The maximum Gasteiger partial charge on any atom is 0.0944 e. The molecule has 0 saturated heterocycles. The van der Waals surface area contributed by atoms with Crippen molar-refractivity contribution < 1.29 is 0 Å². The Hall–Kier alpha value is -5.42. The van der Waals surface area contributed by atoms with E-state index in [2.05, 4.69) is 178 Å². The van der Waals surface area contributed by atoms with Gasteiger partial charge in [0.05, 0.1) is 35.5 Å². The molecular weight excluding hydrogens is 683 g/mol. The van der Waals surface area contributed by atoms with Crippen LogP contribution in [0.25, 0.3) is 27.5 Å². The van der Waals surface area contributed by atoms with Crippen molar-refractivity contribution in [3.05, 3.63) is 162 Å². The maximum atomic E-state index is 2.60. The fraction of sp³-hybridized carbons (Fsp3) is 0.333. The van der Waals surface area contributed by atoms with Gasteiger partial charge in [0.2, 0.25) is 0 Å². The Morgan fingerprint density at radius 1 is 0.482 bits per heavy atom. The number of hydrogen-bond donors (Lipinski definition) is 0. The molecule has 5 heteroatoms. The van der Waals surface area contributed by atoms with Crippen LogP contribution in [0.15, 0.2) is 140 Å². The van der Waals surface area contributed by atoms with Gasteiger partial charge in [0.25, 0.3) is 0 Å². The first-order chi connectivity index (χ1) is 27.6. The van der Waals surface area contributed by atoms with E-state index in [9.17, 15) is 0 Å². The van der Waals surface area contributed by atoms with Crippen LogP contribution in [-0.2, 0) is 5.41 Å². The van der Waals surface area contributed by atoms with E-state index in [1.54, 1.807) is 0 Å². The van der Waals surface area contributed by atoms with Crippen molar-refractivity contribution in [3.63, 3.8) is 0 Å². The van der Waals surface area contributed by atoms with Crippen LogP contribution in [0.2, 0.25) is 0 Å². The van der Waals surface area contributed by atoms with Gasteiger partial charge < -0.3 is 24.2 Å². The van der Waals surface area contributed by atoms with Crippen molar-refractivity contribution in [2.75, 3.05) is 23.1 Å². The number of fused-ring (bicyclic) bond motifs is 5. The zero-order valence-corrected chi connectivity index (χ0v) is 32.9. The van der Waals surface area contributed by atoms with Crippen LogP contribution in [0.5, 0.6) is 0 Å². The molecule has 6 aromatic rings. The third-order valence-corrected chi connectivity index (χ3v) is 14.3. The number of nitrogens with zero attached hydrogens (tertiary/aromatic N) is 5. The van der Waals surface area contributed by atoms with Crippen LogP contribution in [0.3, 0.4) is 0 Å². The number of benzene rings is 5. The van der Waals surface area contributed by atoms with Crippen molar-refractivity contribution in [2.45, 2.75) is 82.7 Å².